The van der Waals surface area contributed by atoms with E-state index >= 15 is 0 Å². The number of hydrogen-bond donors (Lipinski definition) is 1. The van der Waals surface area contributed by atoms with E-state index in [1.165, 1.54) is 0 Å². The highest BCUT2D eigenvalue weighted by atomic mass is 16.5. The van der Waals surface area contributed by atoms with E-state index in [1.54, 1.807) is 0 Å². The van der Waals surface area contributed by atoms with Crippen molar-refractivity contribution in [2.24, 2.45) is 5.73 Å². The van der Waals surface area contributed by atoms with Crippen molar-refractivity contribution in [2.45, 2.75) is 46.1 Å². The first-order valence-electron chi connectivity index (χ1n) is 5.93. The molecule has 1 atom stereocenters. The van der Waals surface area contributed by atoms with Crippen LogP contribution in [0.3, 0.4) is 0 Å². The van der Waals surface area contributed by atoms with Gasteiger partial charge in [0.25, 0.3) is 5.95 Å². The molecule has 0 aliphatic heterocycles. The second kappa shape index (κ2) is 5.30. The molecular formula is C11H22N4O. The molecule has 0 aliphatic carbocycles. The monoisotopic (exact) mass is 226 g/mol. The third-order valence-electron chi connectivity index (χ3n) is 2.72. The zero-order valence-electron chi connectivity index (χ0n) is 10.7. The van der Waals surface area contributed by atoms with Crippen LogP contribution in [-0.4, -0.2) is 23.2 Å². The van der Waals surface area contributed by atoms with Crippen LogP contribution in [0.4, 0.5) is 5.95 Å². The van der Waals surface area contributed by atoms with Crippen LogP contribution in [0, 0.1) is 0 Å². The maximum Gasteiger partial charge on any atom is 0.266 e. The van der Waals surface area contributed by atoms with Crippen molar-refractivity contribution in [3.63, 3.8) is 0 Å². The Morgan fingerprint density at radius 2 is 1.94 bits per heavy atom. The molecule has 0 radical (unpaired) electrons. The first-order valence-corrected chi connectivity index (χ1v) is 5.93. The van der Waals surface area contributed by atoms with E-state index in [4.69, 9.17) is 10.3 Å². The predicted octanol–water partition coefficient (Wildman–Crippen LogP) is 1.89. The molecule has 5 nitrogen and oxygen atoms in total. The van der Waals surface area contributed by atoms with Crippen LogP contribution in [0.25, 0.3) is 0 Å². The maximum absolute atomic E-state index is 6.13. The Balaban J connectivity index is 2.85. The van der Waals surface area contributed by atoms with Crippen molar-refractivity contribution in [1.29, 1.82) is 0 Å². The number of nitrogens with zero attached hydrogens (tertiary/aromatic N) is 3. The molecule has 0 aliphatic rings. The summed E-state index contributed by atoms with van der Waals surface area (Å²) < 4.78 is 5.24. The third kappa shape index (κ3) is 2.72. The molecule has 0 spiro atoms. The predicted molar refractivity (Wildman–Crippen MR) is 64.3 cm³/mol. The minimum Gasteiger partial charge on any atom is -0.339 e. The summed E-state index contributed by atoms with van der Waals surface area (Å²) in [7, 11) is 0. The van der Waals surface area contributed by atoms with Crippen LogP contribution >= 0.6 is 0 Å². The molecule has 0 aromatic carbocycles. The van der Waals surface area contributed by atoms with Crippen LogP contribution < -0.4 is 10.6 Å². The maximum atomic E-state index is 6.13. The van der Waals surface area contributed by atoms with E-state index in [9.17, 15) is 0 Å². The van der Waals surface area contributed by atoms with Gasteiger partial charge in [0.2, 0.25) is 5.89 Å². The highest BCUT2D eigenvalue weighted by Gasteiger charge is 2.28. The lowest BCUT2D eigenvalue weighted by Crippen LogP contribution is -2.33. The SMILES string of the molecule is CCCC(C)(N)c1nc(N(CC)CC)no1. The molecule has 16 heavy (non-hydrogen) atoms. The van der Waals surface area contributed by atoms with Crippen molar-refractivity contribution < 1.29 is 4.52 Å². The van der Waals surface area contributed by atoms with Gasteiger partial charge in [-0.2, -0.15) is 4.98 Å². The second-order valence-electron chi connectivity index (χ2n) is 4.24. The summed E-state index contributed by atoms with van der Waals surface area (Å²) in [5.41, 5.74) is 5.61. The lowest BCUT2D eigenvalue weighted by Gasteiger charge is -2.18. The number of hydrogen-bond acceptors (Lipinski definition) is 5. The Hall–Kier alpha value is -1.10. The third-order valence-corrected chi connectivity index (χ3v) is 2.72. The molecule has 1 rings (SSSR count). The minimum absolute atomic E-state index is 0.521. The Bertz CT molecular complexity index is 318. The van der Waals surface area contributed by atoms with Crippen molar-refractivity contribution in [3.05, 3.63) is 5.89 Å². The van der Waals surface area contributed by atoms with Crippen LogP contribution in [0.5, 0.6) is 0 Å². The summed E-state index contributed by atoms with van der Waals surface area (Å²) in [5.74, 6) is 1.16. The fourth-order valence-corrected chi connectivity index (χ4v) is 1.71. The van der Waals surface area contributed by atoms with Gasteiger partial charge in [-0.1, -0.05) is 13.3 Å². The lowest BCUT2D eigenvalue weighted by molar-refractivity contribution is 0.283. The number of anilines is 1. The summed E-state index contributed by atoms with van der Waals surface area (Å²) in [6.45, 7) is 9.87. The molecule has 0 bridgehead atoms. The molecule has 0 saturated heterocycles. The van der Waals surface area contributed by atoms with Gasteiger partial charge in [-0.15, -0.1) is 0 Å². The molecule has 1 unspecified atom stereocenters. The summed E-state index contributed by atoms with van der Waals surface area (Å²) in [5, 5.41) is 3.97. The van der Waals surface area contributed by atoms with Gasteiger partial charge < -0.3 is 15.2 Å². The molecule has 5 heteroatoms. The summed E-state index contributed by atoms with van der Waals surface area (Å²) in [4.78, 5) is 6.40. The van der Waals surface area contributed by atoms with E-state index in [-0.39, 0.29) is 0 Å². The smallest absolute Gasteiger partial charge is 0.266 e. The van der Waals surface area contributed by atoms with Crippen LogP contribution in [0.1, 0.15) is 46.4 Å². The number of nitrogens with two attached hydrogens (primary N) is 1. The zero-order chi connectivity index (χ0) is 12.2. The lowest BCUT2D eigenvalue weighted by atomic mass is 9.98. The Morgan fingerprint density at radius 1 is 1.31 bits per heavy atom. The first kappa shape index (κ1) is 13.0. The molecular weight excluding hydrogens is 204 g/mol. The van der Waals surface area contributed by atoms with Gasteiger partial charge in [-0.3, -0.25) is 0 Å². The average molecular weight is 226 g/mol. The molecule has 1 aromatic heterocycles. The van der Waals surface area contributed by atoms with Gasteiger partial charge in [0.05, 0.1) is 5.54 Å². The van der Waals surface area contributed by atoms with Crippen molar-refractivity contribution in [2.75, 3.05) is 18.0 Å². The van der Waals surface area contributed by atoms with Crippen molar-refractivity contribution >= 4 is 5.95 Å². The average Bonchev–Trinajstić information content (AvgIpc) is 2.69. The Kier molecular flexibility index (Phi) is 4.29. The van der Waals surface area contributed by atoms with Crippen LogP contribution in [0.15, 0.2) is 4.52 Å². The van der Waals surface area contributed by atoms with Gasteiger partial charge in [-0.25, -0.2) is 0 Å². The van der Waals surface area contributed by atoms with Gasteiger partial charge in [-0.05, 0) is 32.3 Å². The van der Waals surface area contributed by atoms with Crippen molar-refractivity contribution in [3.8, 4) is 0 Å². The van der Waals surface area contributed by atoms with E-state index in [2.05, 4.69) is 30.9 Å². The Labute approximate surface area is 97.0 Å². The van der Waals surface area contributed by atoms with Gasteiger partial charge in [0, 0.05) is 13.1 Å². The zero-order valence-corrected chi connectivity index (χ0v) is 10.7. The molecule has 0 saturated carbocycles. The molecule has 1 heterocycles. The highest BCUT2D eigenvalue weighted by Crippen LogP contribution is 2.23. The summed E-state index contributed by atoms with van der Waals surface area (Å²) >= 11 is 0. The fourth-order valence-electron chi connectivity index (χ4n) is 1.71. The van der Waals surface area contributed by atoms with Gasteiger partial charge >= 0.3 is 0 Å². The molecule has 0 amide bonds. The van der Waals surface area contributed by atoms with Crippen LogP contribution in [0.2, 0.25) is 0 Å². The van der Waals surface area contributed by atoms with Crippen molar-refractivity contribution in [1.82, 2.24) is 10.1 Å². The van der Waals surface area contributed by atoms with E-state index in [0.717, 1.165) is 25.9 Å². The number of aromatic nitrogens is 2. The standard InChI is InChI=1S/C11H22N4O/c1-5-8-11(4,12)9-13-10(14-16-9)15(6-2)7-3/h5-8,12H2,1-4H3. The fraction of sp³-hybridized carbons (Fsp3) is 0.818. The molecule has 92 valence electrons. The highest BCUT2D eigenvalue weighted by molar-refractivity contribution is 5.27. The summed E-state index contributed by atoms with van der Waals surface area (Å²) in [6, 6.07) is 0. The molecule has 0 fully saturated rings. The minimum atomic E-state index is -0.521. The van der Waals surface area contributed by atoms with Gasteiger partial charge in [0.15, 0.2) is 0 Å². The topological polar surface area (TPSA) is 68.2 Å². The largest absolute Gasteiger partial charge is 0.339 e. The number of rotatable bonds is 6. The van der Waals surface area contributed by atoms with E-state index in [0.29, 0.717) is 11.8 Å². The van der Waals surface area contributed by atoms with Gasteiger partial charge in [0.1, 0.15) is 0 Å². The summed E-state index contributed by atoms with van der Waals surface area (Å²) in [6.07, 6.45) is 1.84. The quantitative estimate of drug-likeness (QED) is 0.802. The van der Waals surface area contributed by atoms with E-state index in [1.807, 2.05) is 11.8 Å². The second-order valence-corrected chi connectivity index (χ2v) is 4.24. The normalized spacial score (nSPS) is 14.8. The first-order chi connectivity index (χ1) is 7.55. The molecule has 1 aromatic rings. The van der Waals surface area contributed by atoms with Crippen LogP contribution in [-0.2, 0) is 5.54 Å². The van der Waals surface area contributed by atoms with E-state index < -0.39 is 5.54 Å². The Morgan fingerprint density at radius 3 is 2.44 bits per heavy atom. The molecule has 2 N–H and O–H groups in total.